The van der Waals surface area contributed by atoms with E-state index in [1.807, 2.05) is 41.4 Å². The zero-order valence-corrected chi connectivity index (χ0v) is 17.4. The van der Waals surface area contributed by atoms with Crippen LogP contribution in [0.5, 0.6) is 0 Å². The summed E-state index contributed by atoms with van der Waals surface area (Å²) >= 11 is 0. The molecule has 5 heteroatoms. The van der Waals surface area contributed by atoms with E-state index < -0.39 is 6.04 Å². The normalized spacial score (nSPS) is 15.4. The minimum absolute atomic E-state index is 0.0346. The lowest BCUT2D eigenvalue weighted by Gasteiger charge is -2.37. The molecular formula is C26H26N4O. The van der Waals surface area contributed by atoms with Crippen molar-refractivity contribution in [2.75, 3.05) is 31.1 Å². The molecule has 0 unspecified atom stereocenters. The molecule has 0 aliphatic carbocycles. The summed E-state index contributed by atoms with van der Waals surface area (Å²) in [6.07, 6.45) is 2.41. The number of carbonyl (C=O) groups is 1. The molecule has 1 saturated heterocycles. The maximum absolute atomic E-state index is 13.0. The summed E-state index contributed by atoms with van der Waals surface area (Å²) in [6.45, 7) is 2.95. The first-order valence-electron chi connectivity index (χ1n) is 10.8. The molecule has 1 amide bonds. The van der Waals surface area contributed by atoms with Crippen molar-refractivity contribution in [1.29, 1.82) is 0 Å². The second-order valence-corrected chi connectivity index (χ2v) is 8.15. The first-order chi connectivity index (χ1) is 15.2. The summed E-state index contributed by atoms with van der Waals surface area (Å²) in [5, 5.41) is 3.53. The summed E-state index contributed by atoms with van der Waals surface area (Å²) in [5.74, 6) is 0.0346. The highest BCUT2D eigenvalue weighted by Gasteiger charge is 2.26. The molecule has 5 nitrogen and oxygen atoms in total. The third kappa shape index (κ3) is 3.97. The van der Waals surface area contributed by atoms with Gasteiger partial charge in [0, 0.05) is 43.4 Å². The van der Waals surface area contributed by atoms with E-state index in [2.05, 4.69) is 52.3 Å². The summed E-state index contributed by atoms with van der Waals surface area (Å²) in [6, 6.07) is 24.3. The van der Waals surface area contributed by atoms with Crippen LogP contribution in [0.15, 0.2) is 79.0 Å². The molecule has 4 aromatic rings. The number of benzene rings is 3. The van der Waals surface area contributed by atoms with Gasteiger partial charge >= 0.3 is 0 Å². The predicted molar refractivity (Wildman–Crippen MR) is 126 cm³/mol. The Kier molecular flexibility index (Phi) is 5.26. The van der Waals surface area contributed by atoms with Crippen LogP contribution in [-0.4, -0.2) is 48.0 Å². The van der Waals surface area contributed by atoms with E-state index in [1.54, 1.807) is 0 Å². The number of nitrogens with zero attached hydrogens (tertiary/aromatic N) is 3. The first-order valence-corrected chi connectivity index (χ1v) is 10.8. The third-order valence-electron chi connectivity index (χ3n) is 6.14. The Bertz CT molecular complexity index is 1220. The van der Waals surface area contributed by atoms with Gasteiger partial charge in [-0.05, 0) is 34.9 Å². The van der Waals surface area contributed by atoms with E-state index in [0.717, 1.165) is 29.6 Å². The van der Waals surface area contributed by atoms with Crippen LogP contribution in [-0.2, 0) is 11.2 Å². The van der Waals surface area contributed by atoms with Crippen molar-refractivity contribution < 1.29 is 4.79 Å². The summed E-state index contributed by atoms with van der Waals surface area (Å²) in [4.78, 5) is 21.7. The van der Waals surface area contributed by atoms with Gasteiger partial charge in [-0.1, -0.05) is 60.7 Å². The molecule has 1 aliphatic heterocycles. The molecule has 156 valence electrons. The SMILES string of the molecule is N[C@H](Cc1ccc2ccccc2c1)C(=O)N1CCN(c2ccnc3ccccc23)CC1. The number of nitrogens with two attached hydrogens (primary N) is 1. The van der Waals surface area contributed by atoms with Crippen LogP contribution in [0.25, 0.3) is 21.7 Å². The summed E-state index contributed by atoms with van der Waals surface area (Å²) < 4.78 is 0. The molecule has 3 aromatic carbocycles. The summed E-state index contributed by atoms with van der Waals surface area (Å²) in [7, 11) is 0. The van der Waals surface area contributed by atoms with Gasteiger partial charge < -0.3 is 15.5 Å². The van der Waals surface area contributed by atoms with E-state index in [4.69, 9.17) is 5.73 Å². The fourth-order valence-corrected chi connectivity index (χ4v) is 4.47. The molecule has 0 spiro atoms. The number of piperazine rings is 1. The number of amides is 1. The molecule has 5 rings (SSSR count). The molecule has 31 heavy (non-hydrogen) atoms. The number of para-hydroxylation sites is 1. The fourth-order valence-electron chi connectivity index (χ4n) is 4.47. The molecule has 0 saturated carbocycles. The zero-order chi connectivity index (χ0) is 21.2. The van der Waals surface area contributed by atoms with Crippen LogP contribution < -0.4 is 10.6 Å². The van der Waals surface area contributed by atoms with Gasteiger partial charge in [0.05, 0.1) is 11.6 Å². The lowest BCUT2D eigenvalue weighted by atomic mass is 10.0. The van der Waals surface area contributed by atoms with Crippen molar-refractivity contribution in [2.45, 2.75) is 12.5 Å². The Morgan fingerprint density at radius 1 is 0.903 bits per heavy atom. The standard InChI is InChI=1S/C26H26N4O/c27-23(18-19-9-10-20-5-1-2-6-21(20)17-19)26(31)30-15-13-29(14-16-30)25-11-12-28-24-8-4-3-7-22(24)25/h1-12,17,23H,13-16,18,27H2/t23-/m1/s1. The van der Waals surface area contributed by atoms with Crippen LogP contribution in [0.2, 0.25) is 0 Å². The summed E-state index contributed by atoms with van der Waals surface area (Å²) in [5.41, 5.74) is 9.60. The Labute approximate surface area is 182 Å². The van der Waals surface area contributed by atoms with Crippen molar-refractivity contribution >= 4 is 33.3 Å². The number of fused-ring (bicyclic) bond motifs is 2. The molecule has 1 fully saturated rings. The van der Waals surface area contributed by atoms with Gasteiger partial charge in [0.15, 0.2) is 0 Å². The van der Waals surface area contributed by atoms with Crippen molar-refractivity contribution in [3.63, 3.8) is 0 Å². The minimum atomic E-state index is -0.519. The third-order valence-corrected chi connectivity index (χ3v) is 6.14. The second-order valence-electron chi connectivity index (χ2n) is 8.15. The van der Waals surface area contributed by atoms with E-state index >= 15 is 0 Å². The van der Waals surface area contributed by atoms with Gasteiger partial charge in [-0.25, -0.2) is 0 Å². The monoisotopic (exact) mass is 410 g/mol. The van der Waals surface area contributed by atoms with Gasteiger partial charge in [0.1, 0.15) is 0 Å². The van der Waals surface area contributed by atoms with Gasteiger partial charge in [-0.15, -0.1) is 0 Å². The van der Waals surface area contributed by atoms with E-state index in [1.165, 1.54) is 16.5 Å². The lowest BCUT2D eigenvalue weighted by molar-refractivity contribution is -0.132. The van der Waals surface area contributed by atoms with E-state index in [9.17, 15) is 4.79 Å². The molecule has 2 N–H and O–H groups in total. The second kappa shape index (κ2) is 8.36. The molecular weight excluding hydrogens is 384 g/mol. The zero-order valence-electron chi connectivity index (χ0n) is 17.4. The number of anilines is 1. The Morgan fingerprint density at radius 3 is 2.48 bits per heavy atom. The maximum Gasteiger partial charge on any atom is 0.239 e. The quantitative estimate of drug-likeness (QED) is 0.558. The molecule has 1 aromatic heterocycles. The van der Waals surface area contributed by atoms with Crippen LogP contribution in [0.1, 0.15) is 5.56 Å². The average Bonchev–Trinajstić information content (AvgIpc) is 2.83. The van der Waals surface area contributed by atoms with Gasteiger partial charge in [0.25, 0.3) is 0 Å². The predicted octanol–water partition coefficient (Wildman–Crippen LogP) is 3.61. The number of carbonyl (C=O) groups excluding carboxylic acids is 1. The van der Waals surface area contributed by atoms with Crippen LogP contribution in [0.3, 0.4) is 0 Å². The number of aromatic nitrogens is 1. The number of pyridine rings is 1. The largest absolute Gasteiger partial charge is 0.367 e. The maximum atomic E-state index is 13.0. The Morgan fingerprint density at radius 2 is 1.65 bits per heavy atom. The van der Waals surface area contributed by atoms with Crippen molar-refractivity contribution in [3.8, 4) is 0 Å². The highest BCUT2D eigenvalue weighted by atomic mass is 16.2. The average molecular weight is 411 g/mol. The number of hydrogen-bond donors (Lipinski definition) is 1. The molecule has 1 aliphatic rings. The molecule has 1 atom stereocenters. The minimum Gasteiger partial charge on any atom is -0.367 e. The first kappa shape index (κ1) is 19.5. The van der Waals surface area contributed by atoms with E-state index in [0.29, 0.717) is 19.5 Å². The van der Waals surface area contributed by atoms with E-state index in [-0.39, 0.29) is 5.91 Å². The highest BCUT2D eigenvalue weighted by molar-refractivity contribution is 5.91. The molecule has 2 heterocycles. The van der Waals surface area contributed by atoms with Crippen LogP contribution >= 0.6 is 0 Å². The smallest absolute Gasteiger partial charge is 0.239 e. The molecule has 0 bridgehead atoms. The lowest BCUT2D eigenvalue weighted by Crippen LogP contribution is -2.53. The topological polar surface area (TPSA) is 62.5 Å². The van der Waals surface area contributed by atoms with Crippen molar-refractivity contribution in [2.24, 2.45) is 5.73 Å². The Hall–Kier alpha value is -3.44. The number of hydrogen-bond acceptors (Lipinski definition) is 4. The number of rotatable bonds is 4. The highest BCUT2D eigenvalue weighted by Crippen LogP contribution is 2.26. The molecule has 0 radical (unpaired) electrons. The van der Waals surface area contributed by atoms with Gasteiger partial charge in [0.2, 0.25) is 5.91 Å². The fraction of sp³-hybridized carbons (Fsp3) is 0.231. The van der Waals surface area contributed by atoms with Gasteiger partial charge in [-0.3, -0.25) is 9.78 Å². The van der Waals surface area contributed by atoms with Crippen LogP contribution in [0.4, 0.5) is 5.69 Å². The van der Waals surface area contributed by atoms with Crippen LogP contribution in [0, 0.1) is 0 Å². The van der Waals surface area contributed by atoms with Crippen molar-refractivity contribution in [3.05, 3.63) is 84.6 Å². The van der Waals surface area contributed by atoms with Crippen molar-refractivity contribution in [1.82, 2.24) is 9.88 Å². The van der Waals surface area contributed by atoms with Gasteiger partial charge in [-0.2, -0.15) is 0 Å². The Balaban J connectivity index is 1.24.